The highest BCUT2D eigenvalue weighted by Crippen LogP contribution is 2.31. The third-order valence-corrected chi connectivity index (χ3v) is 3.65. The molecule has 1 heterocycles. The molecule has 128 valence electrons. The third-order valence-electron chi connectivity index (χ3n) is 3.65. The Hall–Kier alpha value is -1.75. The maximum absolute atomic E-state index is 12.5. The number of rotatable bonds is 4. The molecule has 0 bridgehead atoms. The van der Waals surface area contributed by atoms with Crippen molar-refractivity contribution in [3.63, 3.8) is 0 Å². The summed E-state index contributed by atoms with van der Waals surface area (Å²) in [6, 6.07) is 6.39. The zero-order valence-corrected chi connectivity index (χ0v) is 14.8. The number of benzene rings is 1. The molecule has 1 atom stereocenters. The number of nitrogens with one attached hydrogen (secondary N) is 1. The lowest BCUT2D eigenvalue weighted by Crippen LogP contribution is -2.39. The van der Waals surface area contributed by atoms with Crippen LogP contribution in [0.5, 0.6) is 0 Å². The molecule has 1 aliphatic rings. The molecule has 5 nitrogen and oxygen atoms in total. The van der Waals surface area contributed by atoms with Crippen molar-refractivity contribution < 1.29 is 14.3 Å². The second kappa shape index (κ2) is 7.21. The summed E-state index contributed by atoms with van der Waals surface area (Å²) in [5.41, 5.74) is 2.63. The number of anilines is 2. The van der Waals surface area contributed by atoms with Crippen LogP contribution in [0.3, 0.4) is 0 Å². The molecule has 23 heavy (non-hydrogen) atoms. The van der Waals surface area contributed by atoms with Crippen LogP contribution in [0.1, 0.15) is 39.7 Å². The first-order chi connectivity index (χ1) is 10.8. The summed E-state index contributed by atoms with van der Waals surface area (Å²) in [6.07, 6.45) is 1.67. The number of ether oxygens (including phenoxy) is 2. The normalized spacial score (nSPS) is 15.8. The first-order valence-electron chi connectivity index (χ1n) is 8.19. The molecule has 1 aliphatic heterocycles. The van der Waals surface area contributed by atoms with Crippen molar-refractivity contribution in [3.8, 4) is 0 Å². The standard InChI is InChI=1S/C18H28N2O3/c1-13(12-22-5)19-15-9-8-14-7-6-10-20(16(14)11-15)17(21)23-18(2,3)4/h8-9,11,13,19H,6-7,10,12H2,1-5H3. The molecule has 0 spiro atoms. The van der Waals surface area contributed by atoms with Gasteiger partial charge in [0.05, 0.1) is 12.3 Å². The Bertz CT molecular complexity index is 552. The monoisotopic (exact) mass is 320 g/mol. The maximum Gasteiger partial charge on any atom is 0.414 e. The van der Waals surface area contributed by atoms with Crippen molar-refractivity contribution in [1.82, 2.24) is 0 Å². The molecule has 0 aromatic heterocycles. The van der Waals surface area contributed by atoms with E-state index in [1.54, 1.807) is 12.0 Å². The Morgan fingerprint density at radius 3 is 2.78 bits per heavy atom. The Labute approximate surface area is 139 Å². The van der Waals surface area contributed by atoms with Crippen LogP contribution < -0.4 is 10.2 Å². The molecule has 5 heteroatoms. The molecule has 1 unspecified atom stereocenters. The summed E-state index contributed by atoms with van der Waals surface area (Å²) in [5.74, 6) is 0. The molecule has 0 aliphatic carbocycles. The largest absolute Gasteiger partial charge is 0.443 e. The van der Waals surface area contributed by atoms with Gasteiger partial charge >= 0.3 is 6.09 Å². The van der Waals surface area contributed by atoms with Crippen LogP contribution in [0.25, 0.3) is 0 Å². The Morgan fingerprint density at radius 1 is 1.39 bits per heavy atom. The van der Waals surface area contributed by atoms with Crippen molar-refractivity contribution >= 4 is 17.5 Å². The summed E-state index contributed by atoms with van der Waals surface area (Å²) in [5, 5.41) is 3.40. The van der Waals surface area contributed by atoms with E-state index in [1.807, 2.05) is 26.8 Å². The molecule has 0 radical (unpaired) electrons. The molecule has 0 fully saturated rings. The van der Waals surface area contributed by atoms with Crippen molar-refractivity contribution in [1.29, 1.82) is 0 Å². The van der Waals surface area contributed by atoms with E-state index in [2.05, 4.69) is 24.4 Å². The van der Waals surface area contributed by atoms with Crippen LogP contribution in [0.4, 0.5) is 16.2 Å². The highest BCUT2D eigenvalue weighted by atomic mass is 16.6. The second-order valence-electron chi connectivity index (χ2n) is 7.08. The smallest absolute Gasteiger partial charge is 0.414 e. The number of methoxy groups -OCH3 is 1. The van der Waals surface area contributed by atoms with Crippen LogP contribution in [-0.4, -0.2) is 38.0 Å². The SMILES string of the molecule is COCC(C)Nc1ccc2c(c1)N(C(=O)OC(C)(C)C)CCC2. The Balaban J connectivity index is 2.20. The van der Waals surface area contributed by atoms with Gasteiger partial charge in [-0.05, 0) is 58.2 Å². The van der Waals surface area contributed by atoms with Crippen LogP contribution in [0.15, 0.2) is 18.2 Å². The van der Waals surface area contributed by atoms with Gasteiger partial charge in [-0.3, -0.25) is 4.90 Å². The van der Waals surface area contributed by atoms with Crippen LogP contribution in [0.2, 0.25) is 0 Å². The Morgan fingerprint density at radius 2 is 2.13 bits per heavy atom. The molecule has 1 amide bonds. The number of carbonyl (C=O) groups is 1. The van der Waals surface area contributed by atoms with E-state index < -0.39 is 5.60 Å². The van der Waals surface area contributed by atoms with E-state index in [1.165, 1.54) is 5.56 Å². The number of hydrogen-bond donors (Lipinski definition) is 1. The number of amides is 1. The minimum Gasteiger partial charge on any atom is -0.443 e. The lowest BCUT2D eigenvalue weighted by atomic mass is 10.0. The predicted octanol–water partition coefficient (Wildman–Crippen LogP) is 3.82. The van der Waals surface area contributed by atoms with Gasteiger partial charge in [0.15, 0.2) is 0 Å². The molecule has 0 saturated carbocycles. The van der Waals surface area contributed by atoms with Crippen LogP contribution in [-0.2, 0) is 15.9 Å². The lowest BCUT2D eigenvalue weighted by Gasteiger charge is -2.32. The van der Waals surface area contributed by atoms with E-state index in [-0.39, 0.29) is 12.1 Å². The molecular formula is C18H28N2O3. The number of aryl methyl sites for hydroxylation is 1. The number of nitrogens with zero attached hydrogens (tertiary/aromatic N) is 1. The quantitative estimate of drug-likeness (QED) is 0.916. The zero-order valence-electron chi connectivity index (χ0n) is 14.8. The molecule has 1 aromatic carbocycles. The fourth-order valence-electron chi connectivity index (χ4n) is 2.75. The topological polar surface area (TPSA) is 50.8 Å². The minimum atomic E-state index is -0.489. The third kappa shape index (κ3) is 4.86. The summed E-state index contributed by atoms with van der Waals surface area (Å²) >= 11 is 0. The van der Waals surface area contributed by atoms with Gasteiger partial charge in [0.1, 0.15) is 5.60 Å². The van der Waals surface area contributed by atoms with Crippen LogP contribution in [0, 0.1) is 0 Å². The summed E-state index contributed by atoms with van der Waals surface area (Å²) in [7, 11) is 1.69. The van der Waals surface area contributed by atoms with Gasteiger partial charge < -0.3 is 14.8 Å². The highest BCUT2D eigenvalue weighted by Gasteiger charge is 2.27. The van der Waals surface area contributed by atoms with Gasteiger partial charge in [-0.25, -0.2) is 4.79 Å². The average molecular weight is 320 g/mol. The summed E-state index contributed by atoms with van der Waals surface area (Å²) in [6.45, 7) is 9.06. The average Bonchev–Trinajstić information content (AvgIpc) is 2.45. The van der Waals surface area contributed by atoms with E-state index >= 15 is 0 Å². The number of carbonyl (C=O) groups excluding carboxylic acids is 1. The summed E-state index contributed by atoms with van der Waals surface area (Å²) < 4.78 is 10.7. The van der Waals surface area contributed by atoms with Gasteiger partial charge in [0.2, 0.25) is 0 Å². The predicted molar refractivity (Wildman–Crippen MR) is 93.3 cm³/mol. The highest BCUT2D eigenvalue weighted by molar-refractivity contribution is 5.90. The zero-order chi connectivity index (χ0) is 17.0. The van der Waals surface area contributed by atoms with Crippen molar-refractivity contribution in [2.24, 2.45) is 0 Å². The van der Waals surface area contributed by atoms with E-state index in [0.717, 1.165) is 24.2 Å². The number of hydrogen-bond acceptors (Lipinski definition) is 4. The Kier molecular flexibility index (Phi) is 5.52. The van der Waals surface area contributed by atoms with Crippen molar-refractivity contribution in [2.75, 3.05) is 30.5 Å². The van der Waals surface area contributed by atoms with Gasteiger partial charge in [-0.2, -0.15) is 0 Å². The number of fused-ring (bicyclic) bond motifs is 1. The summed E-state index contributed by atoms with van der Waals surface area (Å²) in [4.78, 5) is 14.2. The maximum atomic E-state index is 12.5. The molecule has 1 aromatic rings. The first kappa shape index (κ1) is 17.6. The minimum absolute atomic E-state index is 0.205. The van der Waals surface area contributed by atoms with Gasteiger partial charge in [-0.15, -0.1) is 0 Å². The van der Waals surface area contributed by atoms with Gasteiger partial charge in [-0.1, -0.05) is 6.07 Å². The fourth-order valence-corrected chi connectivity index (χ4v) is 2.75. The fraction of sp³-hybridized carbons (Fsp3) is 0.611. The molecule has 2 rings (SSSR count). The van der Waals surface area contributed by atoms with E-state index in [0.29, 0.717) is 13.2 Å². The van der Waals surface area contributed by atoms with Crippen molar-refractivity contribution in [3.05, 3.63) is 23.8 Å². The van der Waals surface area contributed by atoms with Gasteiger partial charge in [0, 0.05) is 25.4 Å². The van der Waals surface area contributed by atoms with E-state index in [9.17, 15) is 4.79 Å². The van der Waals surface area contributed by atoms with Gasteiger partial charge in [0.25, 0.3) is 0 Å². The lowest BCUT2D eigenvalue weighted by molar-refractivity contribution is 0.0578. The van der Waals surface area contributed by atoms with Crippen molar-refractivity contribution in [2.45, 2.75) is 52.2 Å². The first-order valence-corrected chi connectivity index (χ1v) is 8.19. The molecular weight excluding hydrogens is 292 g/mol. The second-order valence-corrected chi connectivity index (χ2v) is 7.08. The van der Waals surface area contributed by atoms with Crippen LogP contribution >= 0.6 is 0 Å². The van der Waals surface area contributed by atoms with E-state index in [4.69, 9.17) is 9.47 Å². The molecule has 0 saturated heterocycles. The molecule has 1 N–H and O–H groups in total.